The van der Waals surface area contributed by atoms with Crippen LogP contribution >= 0.6 is 0 Å². The molecule has 0 aromatic rings. The van der Waals surface area contributed by atoms with Crippen LogP contribution in [0.5, 0.6) is 0 Å². The van der Waals surface area contributed by atoms with Gasteiger partial charge in [0.15, 0.2) is 0 Å². The molecule has 0 saturated heterocycles. The number of hydrogen-bond donors (Lipinski definition) is 3. The van der Waals surface area contributed by atoms with Gasteiger partial charge in [-0.3, -0.25) is 15.6 Å². The number of aliphatic imine (C=N–C) groups is 1. The van der Waals surface area contributed by atoms with Crippen molar-refractivity contribution in [1.82, 2.24) is 16.0 Å². The standard InChI is InChI=1S/C15H28N4O3/c1-15(2,3)22-14(21)19-12-16-10-8-6-4-5-7-9-11-17-13(20)18-12/h4-11H2,1-3H3,(H3,16,17,18,19,20,21). The van der Waals surface area contributed by atoms with Crippen LogP contribution in [-0.4, -0.2) is 36.8 Å². The number of alkyl carbamates (subject to hydrolysis) is 1. The fraction of sp³-hybridized carbons (Fsp3) is 0.800. The Bertz CT molecular complexity index is 402. The molecule has 0 aliphatic carbocycles. The maximum Gasteiger partial charge on any atom is 0.414 e. The lowest BCUT2D eigenvalue weighted by atomic mass is 10.1. The SMILES string of the molecule is CC(C)(C)OC(=O)NC1=NCCCCCCCCNC(=O)N1. The molecule has 0 unspecified atom stereocenters. The van der Waals surface area contributed by atoms with Gasteiger partial charge in [0, 0.05) is 13.1 Å². The molecule has 22 heavy (non-hydrogen) atoms. The second-order valence-electron chi connectivity index (χ2n) is 6.36. The van der Waals surface area contributed by atoms with E-state index in [2.05, 4.69) is 20.9 Å². The van der Waals surface area contributed by atoms with Crippen LogP contribution in [0, 0.1) is 0 Å². The molecule has 0 fully saturated rings. The molecule has 1 rings (SSSR count). The predicted octanol–water partition coefficient (Wildman–Crippen LogP) is 2.52. The van der Waals surface area contributed by atoms with E-state index in [9.17, 15) is 9.59 Å². The minimum Gasteiger partial charge on any atom is -0.444 e. The topological polar surface area (TPSA) is 91.8 Å². The summed E-state index contributed by atoms with van der Waals surface area (Å²) >= 11 is 0. The van der Waals surface area contributed by atoms with E-state index in [1.54, 1.807) is 20.8 Å². The molecular formula is C15H28N4O3. The normalized spacial score (nSPS) is 18.5. The number of nitrogens with zero attached hydrogens (tertiary/aromatic N) is 1. The molecule has 0 radical (unpaired) electrons. The van der Waals surface area contributed by atoms with Gasteiger partial charge < -0.3 is 10.1 Å². The van der Waals surface area contributed by atoms with Crippen LogP contribution in [0.1, 0.15) is 59.3 Å². The molecule has 0 spiro atoms. The Morgan fingerprint density at radius 2 is 1.77 bits per heavy atom. The largest absolute Gasteiger partial charge is 0.444 e. The summed E-state index contributed by atoms with van der Waals surface area (Å²) in [6.45, 7) is 6.51. The van der Waals surface area contributed by atoms with Crippen LogP contribution in [0.15, 0.2) is 4.99 Å². The van der Waals surface area contributed by atoms with E-state index in [4.69, 9.17) is 4.74 Å². The number of nitrogens with one attached hydrogen (secondary N) is 3. The maximum absolute atomic E-state index is 11.8. The molecule has 0 aromatic carbocycles. The monoisotopic (exact) mass is 312 g/mol. The van der Waals surface area contributed by atoms with Crippen molar-refractivity contribution >= 4 is 18.1 Å². The Labute approximate surface area is 132 Å². The molecule has 0 atom stereocenters. The molecule has 1 aliphatic rings. The van der Waals surface area contributed by atoms with Crippen molar-refractivity contribution < 1.29 is 14.3 Å². The number of carbonyl (C=O) groups is 2. The predicted molar refractivity (Wildman–Crippen MR) is 85.9 cm³/mol. The highest BCUT2D eigenvalue weighted by atomic mass is 16.6. The van der Waals surface area contributed by atoms with Crippen molar-refractivity contribution in [2.24, 2.45) is 4.99 Å². The first kappa shape index (κ1) is 18.3. The van der Waals surface area contributed by atoms with Crippen molar-refractivity contribution in [3.63, 3.8) is 0 Å². The summed E-state index contributed by atoms with van der Waals surface area (Å²) in [6.07, 6.45) is 5.83. The van der Waals surface area contributed by atoms with Crippen molar-refractivity contribution in [3.8, 4) is 0 Å². The minimum atomic E-state index is -0.629. The second kappa shape index (κ2) is 9.27. The Morgan fingerprint density at radius 3 is 2.45 bits per heavy atom. The zero-order chi connectivity index (χ0) is 16.4. The molecule has 7 nitrogen and oxygen atoms in total. The van der Waals surface area contributed by atoms with Crippen molar-refractivity contribution in [2.45, 2.75) is 64.9 Å². The van der Waals surface area contributed by atoms with Gasteiger partial charge in [0.25, 0.3) is 0 Å². The molecule has 1 aliphatic heterocycles. The lowest BCUT2D eigenvalue weighted by molar-refractivity contribution is 0.0562. The molecule has 126 valence electrons. The van der Waals surface area contributed by atoms with Gasteiger partial charge in [-0.2, -0.15) is 0 Å². The van der Waals surface area contributed by atoms with Crippen molar-refractivity contribution in [1.29, 1.82) is 0 Å². The summed E-state index contributed by atoms with van der Waals surface area (Å²) in [6, 6.07) is -0.367. The second-order valence-corrected chi connectivity index (χ2v) is 6.36. The van der Waals surface area contributed by atoms with E-state index in [1.165, 1.54) is 12.8 Å². The first-order chi connectivity index (χ1) is 10.4. The smallest absolute Gasteiger partial charge is 0.414 e. The highest BCUT2D eigenvalue weighted by molar-refractivity contribution is 6.02. The van der Waals surface area contributed by atoms with Gasteiger partial charge >= 0.3 is 12.1 Å². The minimum absolute atomic E-state index is 0.131. The first-order valence-electron chi connectivity index (χ1n) is 7.96. The number of guanidine groups is 1. The molecule has 3 amide bonds. The zero-order valence-corrected chi connectivity index (χ0v) is 13.8. The third kappa shape index (κ3) is 9.20. The molecule has 3 N–H and O–H groups in total. The Morgan fingerprint density at radius 1 is 1.14 bits per heavy atom. The van der Waals surface area contributed by atoms with Gasteiger partial charge in [-0.1, -0.05) is 25.7 Å². The van der Waals surface area contributed by atoms with Crippen molar-refractivity contribution in [3.05, 3.63) is 0 Å². The third-order valence-corrected chi connectivity index (χ3v) is 2.99. The molecule has 0 aromatic heterocycles. The van der Waals surface area contributed by atoms with Gasteiger partial charge in [-0.15, -0.1) is 0 Å². The lowest BCUT2D eigenvalue weighted by Gasteiger charge is -2.20. The van der Waals surface area contributed by atoms with E-state index in [1.807, 2.05) is 0 Å². The van der Waals surface area contributed by atoms with Crippen LogP contribution in [0.25, 0.3) is 0 Å². The van der Waals surface area contributed by atoms with Gasteiger partial charge in [0.05, 0.1) is 0 Å². The van der Waals surface area contributed by atoms with Crippen LogP contribution in [0.3, 0.4) is 0 Å². The number of hydrogen-bond acceptors (Lipinski definition) is 4. The zero-order valence-electron chi connectivity index (χ0n) is 13.8. The maximum atomic E-state index is 11.8. The fourth-order valence-electron chi connectivity index (χ4n) is 2.00. The fourth-order valence-corrected chi connectivity index (χ4v) is 2.00. The van der Waals surface area contributed by atoms with E-state index >= 15 is 0 Å². The highest BCUT2D eigenvalue weighted by Gasteiger charge is 2.18. The molecule has 0 bridgehead atoms. The number of rotatable bonds is 0. The van der Waals surface area contributed by atoms with Crippen LogP contribution in [0.2, 0.25) is 0 Å². The quantitative estimate of drug-likeness (QED) is 0.642. The Balaban J connectivity index is 2.60. The summed E-state index contributed by atoms with van der Waals surface area (Å²) in [7, 11) is 0. The highest BCUT2D eigenvalue weighted by Crippen LogP contribution is 2.07. The van der Waals surface area contributed by atoms with E-state index in [-0.39, 0.29) is 12.0 Å². The van der Waals surface area contributed by atoms with Gasteiger partial charge in [0.1, 0.15) is 5.60 Å². The molecule has 0 saturated carbocycles. The third-order valence-electron chi connectivity index (χ3n) is 2.99. The summed E-state index contributed by atoms with van der Waals surface area (Å²) < 4.78 is 5.17. The van der Waals surface area contributed by atoms with E-state index < -0.39 is 11.7 Å². The van der Waals surface area contributed by atoms with Gasteiger partial charge in [-0.25, -0.2) is 9.59 Å². The molecule has 1 heterocycles. The van der Waals surface area contributed by atoms with Gasteiger partial charge in [0.2, 0.25) is 5.96 Å². The number of carbonyl (C=O) groups excluding carboxylic acids is 2. The average molecular weight is 312 g/mol. The molecular weight excluding hydrogens is 284 g/mol. The van der Waals surface area contributed by atoms with Crippen molar-refractivity contribution in [2.75, 3.05) is 13.1 Å². The van der Waals surface area contributed by atoms with Crippen LogP contribution in [-0.2, 0) is 4.74 Å². The summed E-state index contributed by atoms with van der Waals surface area (Å²) in [5.41, 5.74) is -0.601. The first-order valence-corrected chi connectivity index (χ1v) is 7.96. The van der Waals surface area contributed by atoms with E-state index in [0.29, 0.717) is 13.1 Å². The number of amides is 3. The number of ether oxygens (including phenoxy) is 1. The summed E-state index contributed by atoms with van der Waals surface area (Å²) in [5, 5.41) is 7.80. The molecule has 7 heteroatoms. The lowest BCUT2D eigenvalue weighted by Crippen LogP contribution is -2.49. The van der Waals surface area contributed by atoms with Crippen LogP contribution < -0.4 is 16.0 Å². The Hall–Kier alpha value is -1.79. The number of urea groups is 1. The van der Waals surface area contributed by atoms with Gasteiger partial charge in [-0.05, 0) is 33.6 Å². The summed E-state index contributed by atoms with van der Waals surface area (Å²) in [4.78, 5) is 27.8. The summed E-state index contributed by atoms with van der Waals surface area (Å²) in [5.74, 6) is 0.131. The average Bonchev–Trinajstić information content (AvgIpc) is 2.39. The van der Waals surface area contributed by atoms with E-state index in [0.717, 1.165) is 25.7 Å². The van der Waals surface area contributed by atoms with Crippen LogP contribution in [0.4, 0.5) is 9.59 Å². The Kier molecular flexibility index (Phi) is 7.70.